The highest BCUT2D eigenvalue weighted by atomic mass is 32.2. The van der Waals surface area contributed by atoms with E-state index < -0.39 is 5.97 Å². The lowest BCUT2D eigenvalue weighted by atomic mass is 10.1. The van der Waals surface area contributed by atoms with Crippen molar-refractivity contribution in [1.29, 1.82) is 0 Å². The number of carbonyl (C=O) groups is 1. The Labute approximate surface area is 107 Å². The summed E-state index contributed by atoms with van der Waals surface area (Å²) in [4.78, 5) is 11.0. The van der Waals surface area contributed by atoms with Crippen LogP contribution in [0.5, 0.6) is 0 Å². The van der Waals surface area contributed by atoms with Crippen molar-refractivity contribution in [2.45, 2.75) is 17.0 Å². The summed E-state index contributed by atoms with van der Waals surface area (Å²) in [6.45, 7) is 1.90. The molecule has 0 radical (unpaired) electrons. The van der Waals surface area contributed by atoms with E-state index in [1.807, 2.05) is 19.1 Å². The molecule has 0 aliphatic rings. The number of aromatic nitrogens is 2. The third-order valence-electron chi connectivity index (χ3n) is 2.11. The molecule has 1 aromatic heterocycles. The summed E-state index contributed by atoms with van der Waals surface area (Å²) < 4.78 is 0.864. The summed E-state index contributed by atoms with van der Waals surface area (Å²) in [5.74, 6) is -0.299. The zero-order valence-electron chi connectivity index (χ0n) is 9.08. The Hall–Kier alpha value is -1.40. The molecule has 17 heavy (non-hydrogen) atoms. The predicted molar refractivity (Wildman–Crippen MR) is 67.6 cm³/mol. The summed E-state index contributed by atoms with van der Waals surface area (Å²) in [6.07, 6.45) is 0. The van der Waals surface area contributed by atoms with Gasteiger partial charge < -0.3 is 5.11 Å². The van der Waals surface area contributed by atoms with Crippen LogP contribution in [0, 0.1) is 6.92 Å². The first-order valence-corrected chi connectivity index (χ1v) is 6.71. The van der Waals surface area contributed by atoms with E-state index >= 15 is 0 Å². The second-order valence-corrected chi connectivity index (χ2v) is 5.74. The lowest BCUT2D eigenvalue weighted by Gasteiger charge is -2.03. The fourth-order valence-electron chi connectivity index (χ4n) is 1.33. The number of aryl methyl sites for hydroxylation is 1. The van der Waals surface area contributed by atoms with E-state index in [0.29, 0.717) is 11.3 Å². The molecular formula is C11H10N2O2S2. The largest absolute Gasteiger partial charge is 0.478 e. The van der Waals surface area contributed by atoms with Gasteiger partial charge in [0.1, 0.15) is 5.01 Å². The number of benzene rings is 1. The van der Waals surface area contributed by atoms with Gasteiger partial charge in [0.15, 0.2) is 4.34 Å². The normalized spacial score (nSPS) is 10.4. The molecule has 0 unspecified atom stereocenters. The molecule has 0 saturated carbocycles. The maximum atomic E-state index is 11.0. The summed E-state index contributed by atoms with van der Waals surface area (Å²) in [7, 11) is 0. The fourth-order valence-corrected chi connectivity index (χ4v) is 3.15. The van der Waals surface area contributed by atoms with Crippen molar-refractivity contribution < 1.29 is 9.90 Å². The van der Waals surface area contributed by atoms with Crippen LogP contribution in [0.2, 0.25) is 0 Å². The Morgan fingerprint density at radius 2 is 2.18 bits per heavy atom. The van der Waals surface area contributed by atoms with Crippen LogP contribution < -0.4 is 0 Å². The Balaban J connectivity index is 2.11. The van der Waals surface area contributed by atoms with Crippen LogP contribution in [0.25, 0.3) is 0 Å². The van der Waals surface area contributed by atoms with E-state index in [4.69, 9.17) is 5.11 Å². The smallest absolute Gasteiger partial charge is 0.335 e. The zero-order valence-corrected chi connectivity index (χ0v) is 10.7. The highest BCUT2D eigenvalue weighted by molar-refractivity contribution is 8.00. The Morgan fingerprint density at radius 1 is 1.41 bits per heavy atom. The molecule has 1 heterocycles. The second-order valence-electron chi connectivity index (χ2n) is 3.34. The average Bonchev–Trinajstić information content (AvgIpc) is 2.73. The number of hydrogen-bond acceptors (Lipinski definition) is 5. The molecule has 0 aliphatic carbocycles. The van der Waals surface area contributed by atoms with Gasteiger partial charge in [-0.2, -0.15) is 0 Å². The molecule has 88 valence electrons. The third kappa shape index (κ3) is 3.04. The van der Waals surface area contributed by atoms with E-state index in [9.17, 15) is 4.79 Å². The molecule has 1 aromatic carbocycles. The molecule has 0 spiro atoms. The first-order valence-electron chi connectivity index (χ1n) is 4.91. The molecule has 0 atom stereocenters. The molecule has 4 nitrogen and oxygen atoms in total. The molecule has 1 N–H and O–H groups in total. The minimum Gasteiger partial charge on any atom is -0.478 e. The summed E-state index contributed by atoms with van der Waals surface area (Å²) in [6, 6.07) is 7.01. The average molecular weight is 266 g/mol. The quantitative estimate of drug-likeness (QED) is 0.862. The number of thioether (sulfide) groups is 1. The molecule has 0 amide bonds. The first-order chi connectivity index (χ1) is 8.16. The second kappa shape index (κ2) is 5.29. The third-order valence-corrected chi connectivity index (χ3v) is 4.13. The van der Waals surface area contributed by atoms with Crippen molar-refractivity contribution in [1.82, 2.24) is 10.2 Å². The van der Waals surface area contributed by atoms with Crippen LogP contribution in [-0.2, 0) is 5.75 Å². The summed E-state index contributed by atoms with van der Waals surface area (Å²) >= 11 is 3.02. The van der Waals surface area contributed by atoms with Crippen molar-refractivity contribution in [2.24, 2.45) is 0 Å². The molecule has 2 aromatic rings. The van der Waals surface area contributed by atoms with E-state index in [1.54, 1.807) is 12.1 Å². The van der Waals surface area contributed by atoms with Gasteiger partial charge in [0, 0.05) is 5.75 Å². The predicted octanol–water partition coefficient (Wildman–Crippen LogP) is 2.84. The van der Waals surface area contributed by atoms with Crippen LogP contribution in [0.3, 0.4) is 0 Å². The molecule has 0 fully saturated rings. The van der Waals surface area contributed by atoms with Gasteiger partial charge in [0.25, 0.3) is 0 Å². The molecule has 2 rings (SSSR count). The Bertz CT molecular complexity index is 540. The van der Waals surface area contributed by atoms with Gasteiger partial charge in [-0.15, -0.1) is 10.2 Å². The van der Waals surface area contributed by atoms with Gasteiger partial charge in [-0.1, -0.05) is 41.3 Å². The van der Waals surface area contributed by atoms with Gasteiger partial charge in [-0.05, 0) is 18.6 Å². The SMILES string of the molecule is Cc1nnc(SCc2ccccc2C(=O)O)s1. The Morgan fingerprint density at radius 3 is 2.82 bits per heavy atom. The molecule has 0 bridgehead atoms. The van der Waals surface area contributed by atoms with Crippen molar-refractivity contribution in [3.8, 4) is 0 Å². The fraction of sp³-hybridized carbons (Fsp3) is 0.182. The maximum Gasteiger partial charge on any atom is 0.335 e. The molecule has 0 saturated heterocycles. The van der Waals surface area contributed by atoms with Crippen molar-refractivity contribution in [3.05, 3.63) is 40.4 Å². The van der Waals surface area contributed by atoms with Crippen LogP contribution in [0.15, 0.2) is 28.6 Å². The van der Waals surface area contributed by atoms with Gasteiger partial charge in [-0.3, -0.25) is 0 Å². The highest BCUT2D eigenvalue weighted by Gasteiger charge is 2.10. The number of rotatable bonds is 4. The van der Waals surface area contributed by atoms with Crippen LogP contribution in [0.4, 0.5) is 0 Å². The zero-order chi connectivity index (χ0) is 12.3. The number of nitrogens with zero attached hydrogens (tertiary/aromatic N) is 2. The maximum absolute atomic E-state index is 11.0. The summed E-state index contributed by atoms with van der Waals surface area (Å²) in [5.41, 5.74) is 1.15. The van der Waals surface area contributed by atoms with Crippen molar-refractivity contribution in [2.75, 3.05) is 0 Å². The molecule has 6 heteroatoms. The summed E-state index contributed by atoms with van der Waals surface area (Å²) in [5, 5.41) is 17.9. The van der Waals surface area contributed by atoms with Crippen molar-refractivity contribution >= 4 is 29.1 Å². The van der Waals surface area contributed by atoms with Crippen LogP contribution in [0.1, 0.15) is 20.9 Å². The topological polar surface area (TPSA) is 63.1 Å². The Kier molecular flexibility index (Phi) is 3.75. The standard InChI is InChI=1S/C11H10N2O2S2/c1-7-12-13-11(17-7)16-6-8-4-2-3-5-9(8)10(14)15/h2-5H,6H2,1H3,(H,14,15). The number of carboxylic acids is 1. The van der Waals surface area contributed by atoms with E-state index in [1.165, 1.54) is 23.1 Å². The van der Waals surface area contributed by atoms with Gasteiger partial charge >= 0.3 is 5.97 Å². The molecular weight excluding hydrogens is 256 g/mol. The van der Waals surface area contributed by atoms with Gasteiger partial charge in [0.2, 0.25) is 0 Å². The number of hydrogen-bond donors (Lipinski definition) is 1. The van der Waals surface area contributed by atoms with Gasteiger partial charge in [-0.25, -0.2) is 4.79 Å². The molecule has 0 aliphatic heterocycles. The van der Waals surface area contributed by atoms with Crippen LogP contribution in [-0.4, -0.2) is 21.3 Å². The lowest BCUT2D eigenvalue weighted by Crippen LogP contribution is -2.00. The van der Waals surface area contributed by atoms with Crippen molar-refractivity contribution in [3.63, 3.8) is 0 Å². The van der Waals surface area contributed by atoms with Crippen LogP contribution >= 0.6 is 23.1 Å². The van der Waals surface area contributed by atoms with E-state index in [0.717, 1.165) is 14.9 Å². The minimum absolute atomic E-state index is 0.348. The first kappa shape index (κ1) is 12.1. The van der Waals surface area contributed by atoms with E-state index in [2.05, 4.69) is 10.2 Å². The number of carboxylic acid groups (broad SMARTS) is 1. The van der Waals surface area contributed by atoms with E-state index in [-0.39, 0.29) is 0 Å². The monoisotopic (exact) mass is 266 g/mol. The number of aromatic carboxylic acids is 1. The lowest BCUT2D eigenvalue weighted by molar-refractivity contribution is 0.0696. The van der Waals surface area contributed by atoms with Gasteiger partial charge in [0.05, 0.1) is 5.56 Å². The highest BCUT2D eigenvalue weighted by Crippen LogP contribution is 2.26. The minimum atomic E-state index is -0.894.